The van der Waals surface area contributed by atoms with Gasteiger partial charge in [0.15, 0.2) is 6.29 Å². The number of hydrogen-bond donors (Lipinski definition) is 2. The third-order valence-corrected chi connectivity index (χ3v) is 4.31. The van der Waals surface area contributed by atoms with Crippen LogP contribution >= 0.6 is 23.2 Å². The molecule has 10 heteroatoms. The molecule has 3 rings (SSSR count). The Morgan fingerprint density at radius 1 is 1.19 bits per heavy atom. The summed E-state index contributed by atoms with van der Waals surface area (Å²) in [4.78, 5) is 16.3. The Bertz CT molecular complexity index is 977. The molecule has 2 N–H and O–H groups in total. The minimum Gasteiger partial charge on any atom is -0.296 e. The molecule has 0 unspecified atom stereocenters. The monoisotopic (exact) mass is 403 g/mol. The summed E-state index contributed by atoms with van der Waals surface area (Å²) < 4.78 is 1.46. The van der Waals surface area contributed by atoms with Crippen LogP contribution in [0.4, 0.5) is 0 Å². The molecule has 136 valence electrons. The highest BCUT2D eigenvalue weighted by Gasteiger charge is 2.22. The van der Waals surface area contributed by atoms with Gasteiger partial charge in [0.25, 0.3) is 0 Å². The first-order chi connectivity index (χ1) is 12.9. The van der Waals surface area contributed by atoms with Crippen LogP contribution in [0.25, 0.3) is 16.9 Å². The van der Waals surface area contributed by atoms with Crippen LogP contribution in [0.3, 0.4) is 0 Å². The molecular formula is C17H12BCl2N3O4. The molecule has 0 aliphatic carbocycles. The maximum Gasteiger partial charge on any atom is 0.170 e. The van der Waals surface area contributed by atoms with Crippen LogP contribution in [0.15, 0.2) is 42.5 Å². The minimum atomic E-state index is -0.437. The second-order valence-electron chi connectivity index (χ2n) is 5.49. The van der Waals surface area contributed by atoms with Crippen molar-refractivity contribution in [3.8, 4) is 16.9 Å². The van der Waals surface area contributed by atoms with E-state index >= 15 is 0 Å². The van der Waals surface area contributed by atoms with Crippen LogP contribution in [-0.2, 0) is 11.4 Å². The molecule has 0 aliphatic heterocycles. The maximum absolute atomic E-state index is 11.5. The van der Waals surface area contributed by atoms with E-state index in [2.05, 4.69) is 5.10 Å². The van der Waals surface area contributed by atoms with Crippen LogP contribution in [0, 0.1) is 0 Å². The number of carbonyl (C=O) groups excluding carboxylic acids is 1. The molecule has 1 heterocycles. The molecule has 0 spiro atoms. The first-order valence-corrected chi connectivity index (χ1v) is 8.35. The predicted octanol–water partition coefficient (Wildman–Crippen LogP) is 2.96. The van der Waals surface area contributed by atoms with Gasteiger partial charge in [-0.3, -0.25) is 15.2 Å². The molecular weight excluding hydrogens is 392 g/mol. The molecule has 0 aliphatic rings. The molecule has 0 atom stereocenters. The lowest BCUT2D eigenvalue weighted by Gasteiger charge is -2.13. The SMILES string of the molecule is [B]c1ccc(-c2c(CON(O)O)c(C=O)nn2-c2ccc(Cl)cc2Cl)cc1. The van der Waals surface area contributed by atoms with Crippen LogP contribution in [0.5, 0.6) is 0 Å². The van der Waals surface area contributed by atoms with E-state index in [1.807, 2.05) is 0 Å². The fraction of sp³-hybridized carbons (Fsp3) is 0.0588. The molecule has 3 aromatic rings. The number of benzene rings is 2. The van der Waals surface area contributed by atoms with Crippen LogP contribution in [0.2, 0.25) is 10.0 Å². The Hall–Kier alpha value is -2.20. The van der Waals surface area contributed by atoms with E-state index in [-0.39, 0.29) is 12.3 Å². The molecule has 0 saturated carbocycles. The van der Waals surface area contributed by atoms with E-state index in [0.717, 1.165) is 0 Å². The molecule has 0 amide bonds. The summed E-state index contributed by atoms with van der Waals surface area (Å²) in [7, 11) is 5.75. The highest BCUT2D eigenvalue weighted by atomic mass is 35.5. The maximum atomic E-state index is 11.5. The number of nitrogens with zero attached hydrogens (tertiary/aromatic N) is 3. The zero-order chi connectivity index (χ0) is 19.6. The van der Waals surface area contributed by atoms with Gasteiger partial charge >= 0.3 is 0 Å². The number of halogens is 2. The average Bonchev–Trinajstić information content (AvgIpc) is 2.99. The fourth-order valence-corrected chi connectivity index (χ4v) is 3.08. The zero-order valence-corrected chi connectivity index (χ0v) is 15.2. The van der Waals surface area contributed by atoms with Crippen LogP contribution < -0.4 is 5.46 Å². The van der Waals surface area contributed by atoms with Gasteiger partial charge in [-0.05, 0) is 18.2 Å². The van der Waals surface area contributed by atoms with Gasteiger partial charge in [-0.25, -0.2) is 9.52 Å². The first kappa shape index (κ1) is 19.6. The van der Waals surface area contributed by atoms with Gasteiger partial charge in [-0.1, -0.05) is 52.9 Å². The molecule has 7 nitrogen and oxygen atoms in total. The Kier molecular flexibility index (Phi) is 5.96. The van der Waals surface area contributed by atoms with Crippen molar-refractivity contribution in [2.24, 2.45) is 0 Å². The summed E-state index contributed by atoms with van der Waals surface area (Å²) >= 11 is 12.3. The number of rotatable bonds is 6. The van der Waals surface area contributed by atoms with Gasteiger partial charge in [-0.15, -0.1) is 0 Å². The summed E-state index contributed by atoms with van der Waals surface area (Å²) in [6.07, 6.45) is 0.541. The Morgan fingerprint density at radius 3 is 2.48 bits per heavy atom. The Balaban J connectivity index is 2.25. The van der Waals surface area contributed by atoms with Crippen molar-refractivity contribution in [2.75, 3.05) is 0 Å². The van der Waals surface area contributed by atoms with Crippen molar-refractivity contribution in [1.82, 2.24) is 15.2 Å². The van der Waals surface area contributed by atoms with Crippen LogP contribution in [-0.4, -0.2) is 39.7 Å². The molecule has 27 heavy (non-hydrogen) atoms. The largest absolute Gasteiger partial charge is 0.296 e. The second kappa shape index (κ2) is 8.22. The lowest BCUT2D eigenvalue weighted by atomic mass is 9.94. The quantitative estimate of drug-likeness (QED) is 0.373. The van der Waals surface area contributed by atoms with Crippen LogP contribution in [0.1, 0.15) is 16.1 Å². The fourth-order valence-electron chi connectivity index (χ4n) is 2.59. The van der Waals surface area contributed by atoms with Crippen molar-refractivity contribution in [3.63, 3.8) is 0 Å². The lowest BCUT2D eigenvalue weighted by Crippen LogP contribution is -2.14. The Morgan fingerprint density at radius 2 is 1.89 bits per heavy atom. The average molecular weight is 404 g/mol. The topological polar surface area (TPSA) is 87.8 Å². The first-order valence-electron chi connectivity index (χ1n) is 7.60. The van der Waals surface area contributed by atoms with E-state index in [1.165, 1.54) is 4.68 Å². The van der Waals surface area contributed by atoms with E-state index in [4.69, 9.17) is 46.3 Å². The molecule has 2 radical (unpaired) electrons. The summed E-state index contributed by atoms with van der Waals surface area (Å²) in [5.74, 6) is 0. The van der Waals surface area contributed by atoms with Gasteiger partial charge < -0.3 is 0 Å². The van der Waals surface area contributed by atoms with Crippen molar-refractivity contribution in [1.29, 1.82) is 0 Å². The van der Waals surface area contributed by atoms with E-state index < -0.39 is 5.39 Å². The van der Waals surface area contributed by atoms with E-state index in [1.54, 1.807) is 42.5 Å². The van der Waals surface area contributed by atoms with Gasteiger partial charge in [0, 0.05) is 16.1 Å². The minimum absolute atomic E-state index is 0.0506. The van der Waals surface area contributed by atoms with E-state index in [9.17, 15) is 4.79 Å². The highest BCUT2D eigenvalue weighted by Crippen LogP contribution is 2.32. The van der Waals surface area contributed by atoms with Gasteiger partial charge in [0.1, 0.15) is 20.1 Å². The molecule has 0 saturated heterocycles. The van der Waals surface area contributed by atoms with Gasteiger partial charge in [-0.2, -0.15) is 5.10 Å². The molecule has 2 aromatic carbocycles. The predicted molar refractivity (Wildman–Crippen MR) is 100.0 cm³/mol. The highest BCUT2D eigenvalue weighted by molar-refractivity contribution is 6.35. The number of aromatic nitrogens is 2. The van der Waals surface area contributed by atoms with Crippen molar-refractivity contribution in [2.45, 2.75) is 6.61 Å². The van der Waals surface area contributed by atoms with E-state index in [0.29, 0.717) is 44.3 Å². The molecule has 0 fully saturated rings. The number of hydrogen-bond acceptors (Lipinski definition) is 6. The van der Waals surface area contributed by atoms with Crippen molar-refractivity contribution in [3.05, 3.63) is 63.8 Å². The standard InChI is InChI=1S/C17H12BCl2N3O4/c18-11-3-1-10(2-4-11)17-13(9-27-23(25)26)15(8-24)21-22(17)16-6-5-12(19)7-14(16)20/h1-8,25-26H,9H2. The smallest absolute Gasteiger partial charge is 0.170 e. The third-order valence-electron chi connectivity index (χ3n) is 3.77. The number of aldehydes is 1. The molecule has 1 aromatic heterocycles. The second-order valence-corrected chi connectivity index (χ2v) is 6.33. The van der Waals surface area contributed by atoms with Crippen molar-refractivity contribution >= 4 is 42.8 Å². The number of carbonyl (C=O) groups is 1. The molecule has 0 bridgehead atoms. The summed E-state index contributed by atoms with van der Waals surface area (Å²) in [6.45, 7) is -0.327. The normalized spacial score (nSPS) is 11.1. The Labute approximate surface area is 165 Å². The third kappa shape index (κ3) is 4.22. The zero-order valence-electron chi connectivity index (χ0n) is 13.7. The lowest BCUT2D eigenvalue weighted by molar-refractivity contribution is -0.497. The summed E-state index contributed by atoms with van der Waals surface area (Å²) in [5.41, 5.74) is 2.55. The van der Waals surface area contributed by atoms with Crippen molar-refractivity contribution < 1.29 is 20.0 Å². The van der Waals surface area contributed by atoms with Gasteiger partial charge in [0.05, 0.1) is 21.8 Å². The summed E-state index contributed by atoms with van der Waals surface area (Å²) in [6, 6.07) is 11.7. The summed E-state index contributed by atoms with van der Waals surface area (Å²) in [5, 5.41) is 22.4. The van der Waals surface area contributed by atoms with Gasteiger partial charge in [0.2, 0.25) is 0 Å².